The van der Waals surface area contributed by atoms with E-state index in [1.54, 1.807) is 18.3 Å². The fraction of sp³-hybridized carbons (Fsp3) is 0.286. The highest BCUT2D eigenvalue weighted by Gasteiger charge is 2.31. The summed E-state index contributed by atoms with van der Waals surface area (Å²) < 4.78 is 38.7. The number of halogens is 3. The second kappa shape index (κ2) is 5.90. The molecule has 0 radical (unpaired) electrons. The molecule has 0 amide bonds. The highest BCUT2D eigenvalue weighted by Crippen LogP contribution is 2.33. The topological polar surface area (TPSA) is 37.8 Å². The van der Waals surface area contributed by atoms with Crippen LogP contribution in [0.2, 0.25) is 0 Å². The maximum Gasteiger partial charge on any atom is 0.416 e. The van der Waals surface area contributed by atoms with Gasteiger partial charge in [-0.25, -0.2) is 4.98 Å². The van der Waals surface area contributed by atoms with Crippen LogP contribution in [0.15, 0.2) is 36.7 Å². The molecule has 0 aromatic carbocycles. The number of rotatable bonds is 4. The number of anilines is 1. The molecule has 2 aromatic rings. The van der Waals surface area contributed by atoms with Gasteiger partial charge in [-0.1, -0.05) is 6.92 Å². The van der Waals surface area contributed by atoms with Crippen molar-refractivity contribution in [3.8, 4) is 11.3 Å². The minimum Gasteiger partial charge on any atom is -0.370 e. The Morgan fingerprint density at radius 1 is 1.25 bits per heavy atom. The number of hydrogen-bond acceptors (Lipinski definition) is 3. The van der Waals surface area contributed by atoms with E-state index in [1.807, 2.05) is 6.92 Å². The van der Waals surface area contributed by atoms with Crippen molar-refractivity contribution < 1.29 is 13.2 Å². The van der Waals surface area contributed by atoms with E-state index in [9.17, 15) is 13.2 Å². The van der Waals surface area contributed by atoms with E-state index in [-0.39, 0.29) is 11.5 Å². The number of hydrogen-bond donors (Lipinski definition) is 1. The Bertz CT molecular complexity index is 568. The summed E-state index contributed by atoms with van der Waals surface area (Å²) in [4.78, 5) is 8.11. The van der Waals surface area contributed by atoms with E-state index < -0.39 is 11.7 Å². The molecule has 0 bridgehead atoms. The molecule has 106 valence electrons. The van der Waals surface area contributed by atoms with E-state index >= 15 is 0 Å². The maximum absolute atomic E-state index is 12.9. The van der Waals surface area contributed by atoms with Gasteiger partial charge in [0, 0.05) is 24.5 Å². The van der Waals surface area contributed by atoms with Crippen LogP contribution in [-0.4, -0.2) is 16.5 Å². The van der Waals surface area contributed by atoms with E-state index in [0.29, 0.717) is 12.1 Å². The molecule has 0 aliphatic rings. The average Bonchev–Trinajstić information content (AvgIpc) is 2.45. The molecule has 0 spiro atoms. The SMILES string of the molecule is CCCNc1cc(C(F)(F)F)cc(-c2cccnc2)n1. The Kier molecular flexibility index (Phi) is 4.22. The molecule has 1 N–H and O–H groups in total. The third-order valence-corrected chi connectivity index (χ3v) is 2.67. The average molecular weight is 281 g/mol. The molecule has 2 aromatic heterocycles. The fourth-order valence-corrected chi connectivity index (χ4v) is 1.70. The lowest BCUT2D eigenvalue weighted by Crippen LogP contribution is -2.09. The summed E-state index contributed by atoms with van der Waals surface area (Å²) in [5.74, 6) is 0.223. The summed E-state index contributed by atoms with van der Waals surface area (Å²) in [6.45, 7) is 2.50. The summed E-state index contributed by atoms with van der Waals surface area (Å²) in [5.41, 5.74) is 0.0923. The lowest BCUT2D eigenvalue weighted by Gasteiger charge is -2.12. The first-order valence-electron chi connectivity index (χ1n) is 6.24. The summed E-state index contributed by atoms with van der Waals surface area (Å²) in [5, 5.41) is 2.89. The number of nitrogens with zero attached hydrogens (tertiary/aromatic N) is 2. The monoisotopic (exact) mass is 281 g/mol. The summed E-state index contributed by atoms with van der Waals surface area (Å²) in [7, 11) is 0. The van der Waals surface area contributed by atoms with Gasteiger partial charge in [-0.2, -0.15) is 13.2 Å². The second-order valence-electron chi connectivity index (χ2n) is 4.29. The van der Waals surface area contributed by atoms with Crippen molar-refractivity contribution in [2.45, 2.75) is 19.5 Å². The van der Waals surface area contributed by atoms with Gasteiger partial charge in [-0.3, -0.25) is 4.98 Å². The summed E-state index contributed by atoms with van der Waals surface area (Å²) in [6, 6.07) is 5.40. The van der Waals surface area contributed by atoms with E-state index in [4.69, 9.17) is 0 Å². The van der Waals surface area contributed by atoms with Crippen LogP contribution >= 0.6 is 0 Å². The molecule has 0 atom stereocenters. The van der Waals surface area contributed by atoms with Crippen LogP contribution < -0.4 is 5.32 Å². The van der Waals surface area contributed by atoms with Gasteiger partial charge in [0.15, 0.2) is 0 Å². The second-order valence-corrected chi connectivity index (χ2v) is 4.29. The van der Waals surface area contributed by atoms with Gasteiger partial charge in [0.2, 0.25) is 0 Å². The Labute approximate surface area is 114 Å². The molecule has 0 saturated carbocycles. The smallest absolute Gasteiger partial charge is 0.370 e. The van der Waals surface area contributed by atoms with Crippen LogP contribution in [0, 0.1) is 0 Å². The van der Waals surface area contributed by atoms with Crippen molar-refractivity contribution in [2.75, 3.05) is 11.9 Å². The van der Waals surface area contributed by atoms with Crippen LogP contribution in [0.4, 0.5) is 19.0 Å². The lowest BCUT2D eigenvalue weighted by molar-refractivity contribution is -0.137. The Balaban J connectivity index is 2.46. The van der Waals surface area contributed by atoms with Crippen molar-refractivity contribution in [2.24, 2.45) is 0 Å². The van der Waals surface area contributed by atoms with Crippen molar-refractivity contribution >= 4 is 5.82 Å². The molecule has 20 heavy (non-hydrogen) atoms. The van der Waals surface area contributed by atoms with Crippen molar-refractivity contribution in [3.05, 3.63) is 42.2 Å². The summed E-state index contributed by atoms with van der Waals surface area (Å²) >= 11 is 0. The molecule has 2 rings (SSSR count). The molecule has 0 unspecified atom stereocenters. The predicted molar refractivity (Wildman–Crippen MR) is 71.3 cm³/mol. The van der Waals surface area contributed by atoms with Crippen LogP contribution in [0.1, 0.15) is 18.9 Å². The zero-order chi connectivity index (χ0) is 14.6. The van der Waals surface area contributed by atoms with Crippen molar-refractivity contribution in [3.63, 3.8) is 0 Å². The van der Waals surface area contributed by atoms with E-state index in [1.165, 1.54) is 6.20 Å². The number of pyridine rings is 2. The van der Waals surface area contributed by atoms with Crippen LogP contribution in [-0.2, 0) is 6.18 Å². The van der Waals surface area contributed by atoms with Crippen LogP contribution in [0.5, 0.6) is 0 Å². The molecule has 3 nitrogen and oxygen atoms in total. The molecule has 0 fully saturated rings. The van der Waals surface area contributed by atoms with Gasteiger partial charge >= 0.3 is 6.18 Å². The van der Waals surface area contributed by atoms with E-state index in [0.717, 1.165) is 18.6 Å². The molecule has 6 heteroatoms. The molecule has 0 aliphatic carbocycles. The van der Waals surface area contributed by atoms with Gasteiger partial charge in [0.05, 0.1) is 11.3 Å². The Hall–Kier alpha value is -2.11. The van der Waals surface area contributed by atoms with Crippen LogP contribution in [0.3, 0.4) is 0 Å². The van der Waals surface area contributed by atoms with Gasteiger partial charge in [0.1, 0.15) is 5.82 Å². The maximum atomic E-state index is 12.9. The van der Waals surface area contributed by atoms with Crippen molar-refractivity contribution in [1.82, 2.24) is 9.97 Å². The quantitative estimate of drug-likeness (QED) is 0.921. The van der Waals surface area contributed by atoms with Crippen molar-refractivity contribution in [1.29, 1.82) is 0 Å². The Morgan fingerprint density at radius 3 is 2.65 bits per heavy atom. The highest BCUT2D eigenvalue weighted by molar-refractivity contribution is 5.61. The lowest BCUT2D eigenvalue weighted by atomic mass is 10.1. The first-order valence-corrected chi connectivity index (χ1v) is 6.24. The first-order chi connectivity index (χ1) is 9.50. The number of nitrogens with one attached hydrogen (secondary N) is 1. The third kappa shape index (κ3) is 3.46. The summed E-state index contributed by atoms with van der Waals surface area (Å²) in [6.07, 6.45) is -0.540. The zero-order valence-corrected chi connectivity index (χ0v) is 10.9. The van der Waals surface area contributed by atoms with E-state index in [2.05, 4.69) is 15.3 Å². The molecular weight excluding hydrogens is 267 g/mol. The predicted octanol–water partition coefficient (Wildman–Crippen LogP) is 3.98. The van der Waals surface area contributed by atoms with Crippen LogP contribution in [0.25, 0.3) is 11.3 Å². The molecule has 0 aliphatic heterocycles. The zero-order valence-electron chi connectivity index (χ0n) is 10.9. The molecule has 2 heterocycles. The largest absolute Gasteiger partial charge is 0.416 e. The highest BCUT2D eigenvalue weighted by atomic mass is 19.4. The fourth-order valence-electron chi connectivity index (χ4n) is 1.70. The third-order valence-electron chi connectivity index (χ3n) is 2.67. The molecular formula is C14H14F3N3. The normalized spacial score (nSPS) is 11.4. The van der Waals surface area contributed by atoms with Gasteiger partial charge < -0.3 is 5.32 Å². The van der Waals surface area contributed by atoms with Gasteiger partial charge in [-0.15, -0.1) is 0 Å². The van der Waals surface area contributed by atoms with Gasteiger partial charge in [-0.05, 0) is 30.7 Å². The minimum atomic E-state index is -4.40. The standard InChI is InChI=1S/C14H14F3N3/c1-2-5-19-13-8-11(14(15,16)17)7-12(20-13)10-4-3-6-18-9-10/h3-4,6-9H,2,5H2,1H3,(H,19,20). The first kappa shape index (κ1) is 14.3. The Morgan fingerprint density at radius 2 is 2.05 bits per heavy atom. The minimum absolute atomic E-state index is 0.223. The number of aromatic nitrogens is 2. The van der Waals surface area contributed by atoms with Gasteiger partial charge in [0.25, 0.3) is 0 Å². The molecule has 0 saturated heterocycles. The number of alkyl halides is 3.